The maximum absolute atomic E-state index is 4.79. The Morgan fingerprint density at radius 2 is 2.31 bits per heavy atom. The molecule has 2 aromatic rings. The summed E-state index contributed by atoms with van der Waals surface area (Å²) in [7, 11) is 0. The van der Waals surface area contributed by atoms with Gasteiger partial charge in [-0.15, -0.1) is 0 Å². The average molecular weight is 258 g/mol. The molecule has 0 amide bonds. The van der Waals surface area contributed by atoms with Gasteiger partial charge in [-0.1, -0.05) is 0 Å². The summed E-state index contributed by atoms with van der Waals surface area (Å²) in [6, 6.07) is 1.87. The second kappa shape index (κ2) is 3.39. The molecule has 0 aliphatic heterocycles. The predicted molar refractivity (Wildman–Crippen MR) is 52.6 cm³/mol. The second-order valence-corrected chi connectivity index (χ2v) is 3.59. The molecule has 66 valence electrons. The largest absolute Gasteiger partial charge is 0.348 e. The molecule has 0 aliphatic carbocycles. The fraction of sp³-hybridized carbons (Fsp3) is 0. The molecule has 2 heterocycles. The minimum absolute atomic E-state index is 0.190. The van der Waals surface area contributed by atoms with Gasteiger partial charge in [0.15, 0.2) is 5.82 Å². The normalized spacial score (nSPS) is 10.2. The quantitative estimate of drug-likeness (QED) is 0.798. The second-order valence-electron chi connectivity index (χ2n) is 2.32. The molecule has 0 spiro atoms. The Morgan fingerprint density at radius 1 is 1.46 bits per heavy atom. The summed E-state index contributed by atoms with van der Waals surface area (Å²) >= 11 is 8.03. The van der Waals surface area contributed by atoms with Crippen molar-refractivity contribution >= 4 is 28.1 Å². The molecule has 6 heteroatoms. The molecule has 0 atom stereocenters. The maximum Gasteiger partial charge on any atom is 0.314 e. The molecule has 0 fully saturated rings. The molecule has 2 rings (SSSR count). The van der Waals surface area contributed by atoms with Crippen LogP contribution in [0.1, 0.15) is 0 Å². The Morgan fingerprint density at radius 3 is 2.92 bits per heavy atom. The molecule has 13 heavy (non-hydrogen) atoms. The maximum atomic E-state index is 4.79. The van der Waals surface area contributed by atoms with Crippen LogP contribution in [0, 0.1) is 4.84 Å². The number of aromatic nitrogens is 3. The van der Waals surface area contributed by atoms with Gasteiger partial charge in [0.25, 0.3) is 0 Å². The number of nitrogens with one attached hydrogen (secondary N) is 1. The summed E-state index contributed by atoms with van der Waals surface area (Å²) in [5.41, 5.74) is 0.828. The third-order valence-electron chi connectivity index (χ3n) is 1.42. The number of hydrogen-bond donors (Lipinski definition) is 1. The molecule has 0 aliphatic rings. The Kier molecular flexibility index (Phi) is 2.24. The van der Waals surface area contributed by atoms with E-state index in [0.29, 0.717) is 5.82 Å². The monoisotopic (exact) mass is 257 g/mol. The number of rotatable bonds is 1. The van der Waals surface area contributed by atoms with Crippen LogP contribution < -0.4 is 0 Å². The fourth-order valence-electron chi connectivity index (χ4n) is 0.894. The van der Waals surface area contributed by atoms with Gasteiger partial charge in [0.05, 0.1) is 0 Å². The first-order chi connectivity index (χ1) is 6.25. The number of aromatic amines is 1. The third-order valence-corrected chi connectivity index (χ3v) is 2.02. The summed E-state index contributed by atoms with van der Waals surface area (Å²) in [5, 5.41) is 2.60. The molecule has 0 bridgehead atoms. The SMILES string of the molecule is S=c1nc(-c2cncc(Br)c2)[nH]o1. The first kappa shape index (κ1) is 8.58. The van der Waals surface area contributed by atoms with Gasteiger partial charge in [-0.3, -0.25) is 4.98 Å². The van der Waals surface area contributed by atoms with E-state index in [9.17, 15) is 0 Å². The van der Waals surface area contributed by atoms with Gasteiger partial charge < -0.3 is 4.52 Å². The highest BCUT2D eigenvalue weighted by Gasteiger charge is 2.02. The smallest absolute Gasteiger partial charge is 0.314 e. The lowest BCUT2D eigenvalue weighted by molar-refractivity contribution is 0.406. The van der Waals surface area contributed by atoms with Crippen molar-refractivity contribution in [3.63, 3.8) is 0 Å². The van der Waals surface area contributed by atoms with Crippen molar-refractivity contribution in [1.29, 1.82) is 0 Å². The van der Waals surface area contributed by atoms with Gasteiger partial charge in [-0.2, -0.15) is 4.98 Å². The van der Waals surface area contributed by atoms with Crippen molar-refractivity contribution < 1.29 is 4.52 Å². The first-order valence-electron chi connectivity index (χ1n) is 3.42. The average Bonchev–Trinajstić information content (AvgIpc) is 2.52. The van der Waals surface area contributed by atoms with Crippen molar-refractivity contribution in [2.45, 2.75) is 0 Å². The highest BCUT2D eigenvalue weighted by Crippen LogP contribution is 2.17. The Hall–Kier alpha value is -1.01. The van der Waals surface area contributed by atoms with Crippen LogP contribution in [-0.4, -0.2) is 15.1 Å². The fourth-order valence-corrected chi connectivity index (χ4v) is 1.39. The highest BCUT2D eigenvalue weighted by molar-refractivity contribution is 9.10. The van der Waals surface area contributed by atoms with Crippen molar-refractivity contribution in [1.82, 2.24) is 15.1 Å². The van der Waals surface area contributed by atoms with E-state index in [0.717, 1.165) is 10.0 Å². The zero-order valence-electron chi connectivity index (χ0n) is 6.32. The number of pyridine rings is 1. The van der Waals surface area contributed by atoms with Crippen LogP contribution >= 0.6 is 28.1 Å². The molecular formula is C7H4BrN3OS. The molecule has 4 nitrogen and oxygen atoms in total. The van der Waals surface area contributed by atoms with Gasteiger partial charge in [-0.05, 0) is 34.2 Å². The van der Waals surface area contributed by atoms with Crippen LogP contribution in [0.15, 0.2) is 27.5 Å². The minimum Gasteiger partial charge on any atom is -0.348 e. The summed E-state index contributed by atoms with van der Waals surface area (Å²) in [6.45, 7) is 0. The van der Waals surface area contributed by atoms with E-state index in [1.165, 1.54) is 0 Å². The lowest BCUT2D eigenvalue weighted by Crippen LogP contribution is -1.81. The standard InChI is InChI=1S/C7H4BrN3OS/c8-5-1-4(2-9-3-5)6-10-7(13)12-11-6/h1-3H,(H,10,11,13). The van der Waals surface area contributed by atoms with Crippen molar-refractivity contribution in [3.05, 3.63) is 27.8 Å². The van der Waals surface area contributed by atoms with E-state index in [1.54, 1.807) is 12.4 Å². The van der Waals surface area contributed by atoms with Crippen molar-refractivity contribution in [2.75, 3.05) is 0 Å². The van der Waals surface area contributed by atoms with Crippen LogP contribution in [0.5, 0.6) is 0 Å². The molecule has 0 unspecified atom stereocenters. The Bertz CT molecular complexity index is 478. The zero-order chi connectivity index (χ0) is 9.26. The number of hydrogen-bond acceptors (Lipinski definition) is 4. The number of halogens is 1. The highest BCUT2D eigenvalue weighted by atomic mass is 79.9. The topological polar surface area (TPSA) is 54.7 Å². The van der Waals surface area contributed by atoms with E-state index in [-0.39, 0.29) is 4.84 Å². The van der Waals surface area contributed by atoms with E-state index < -0.39 is 0 Å². The van der Waals surface area contributed by atoms with Crippen LogP contribution in [0.3, 0.4) is 0 Å². The van der Waals surface area contributed by atoms with Crippen molar-refractivity contribution in [2.24, 2.45) is 0 Å². The lowest BCUT2D eigenvalue weighted by Gasteiger charge is -1.93. The molecule has 0 saturated heterocycles. The molecule has 0 radical (unpaired) electrons. The summed E-state index contributed by atoms with van der Waals surface area (Å²) < 4.78 is 5.68. The predicted octanol–water partition coefficient (Wildman–Crippen LogP) is 2.56. The van der Waals surface area contributed by atoms with Gasteiger partial charge in [0.2, 0.25) is 0 Å². The Labute approximate surface area is 87.1 Å². The molecule has 1 N–H and O–H groups in total. The molecule has 0 saturated carbocycles. The lowest BCUT2D eigenvalue weighted by atomic mass is 10.3. The minimum atomic E-state index is 0.190. The zero-order valence-corrected chi connectivity index (χ0v) is 8.72. The van der Waals surface area contributed by atoms with Gasteiger partial charge in [0.1, 0.15) is 0 Å². The van der Waals surface area contributed by atoms with Crippen LogP contribution in [0.25, 0.3) is 11.4 Å². The van der Waals surface area contributed by atoms with Gasteiger partial charge >= 0.3 is 4.84 Å². The molecule has 0 aromatic carbocycles. The Balaban J connectivity index is 2.52. The summed E-state index contributed by atoms with van der Waals surface area (Å²) in [6.07, 6.45) is 3.37. The molecular weight excluding hydrogens is 254 g/mol. The van der Waals surface area contributed by atoms with E-state index in [4.69, 9.17) is 16.7 Å². The van der Waals surface area contributed by atoms with E-state index in [1.807, 2.05) is 6.07 Å². The van der Waals surface area contributed by atoms with Crippen LogP contribution in [0.4, 0.5) is 0 Å². The number of H-pyrrole nitrogens is 1. The van der Waals surface area contributed by atoms with Gasteiger partial charge in [0, 0.05) is 22.4 Å². The van der Waals surface area contributed by atoms with E-state index >= 15 is 0 Å². The molecule has 2 aromatic heterocycles. The van der Waals surface area contributed by atoms with Gasteiger partial charge in [-0.25, -0.2) is 5.16 Å². The van der Waals surface area contributed by atoms with Crippen LogP contribution in [-0.2, 0) is 0 Å². The number of nitrogens with zero attached hydrogens (tertiary/aromatic N) is 2. The third kappa shape index (κ3) is 1.84. The van der Waals surface area contributed by atoms with Crippen molar-refractivity contribution in [3.8, 4) is 11.4 Å². The summed E-state index contributed by atoms with van der Waals surface area (Å²) in [5.74, 6) is 0.582. The van der Waals surface area contributed by atoms with E-state index in [2.05, 4.69) is 31.1 Å². The van der Waals surface area contributed by atoms with Crippen LogP contribution in [0.2, 0.25) is 0 Å². The first-order valence-corrected chi connectivity index (χ1v) is 4.62. The summed E-state index contributed by atoms with van der Waals surface area (Å²) in [4.78, 5) is 8.13.